The summed E-state index contributed by atoms with van der Waals surface area (Å²) in [6, 6.07) is 1.15. The summed E-state index contributed by atoms with van der Waals surface area (Å²) in [6.07, 6.45) is 6.22. The van der Waals surface area contributed by atoms with Gasteiger partial charge in [-0.1, -0.05) is 6.42 Å². The minimum absolute atomic E-state index is 0.575. The molecule has 4 heteroatoms. The largest absolute Gasteiger partial charge is 0.299 e. The van der Waals surface area contributed by atoms with Crippen LogP contribution in [0, 0.1) is 0 Å². The zero-order valence-corrected chi connectivity index (χ0v) is 9.23. The van der Waals surface area contributed by atoms with Crippen LogP contribution in [0.15, 0.2) is 0 Å². The third-order valence-corrected chi connectivity index (χ3v) is 3.74. The molecule has 15 heavy (non-hydrogen) atoms. The fraction of sp³-hybridized carbons (Fsp3) is 1.00. The van der Waals surface area contributed by atoms with Gasteiger partial charge in [0.1, 0.15) is 0 Å². The third-order valence-electron chi connectivity index (χ3n) is 3.74. The average Bonchev–Trinajstić information content (AvgIpc) is 3.01. The Bertz CT molecular complexity index is 191. The Hall–Kier alpha value is -0.160. The molecule has 86 valence electrons. The maximum Gasteiger partial charge on any atom is 0.0698 e. The van der Waals surface area contributed by atoms with Gasteiger partial charge in [-0.15, -0.1) is 0 Å². The van der Waals surface area contributed by atoms with Crippen LogP contribution >= 0.6 is 0 Å². The van der Waals surface area contributed by atoms with Gasteiger partial charge in [-0.3, -0.25) is 9.68 Å². The van der Waals surface area contributed by atoms with Crippen molar-refractivity contribution in [3.63, 3.8) is 0 Å². The van der Waals surface area contributed by atoms with E-state index in [2.05, 4.69) is 10.1 Å². The Morgan fingerprint density at radius 1 is 0.733 bits per heavy atom. The van der Waals surface area contributed by atoms with Gasteiger partial charge >= 0.3 is 0 Å². The van der Waals surface area contributed by atoms with Crippen molar-refractivity contribution in [1.82, 2.24) is 10.1 Å². The van der Waals surface area contributed by atoms with Crippen LogP contribution in [-0.2, 0) is 9.68 Å². The van der Waals surface area contributed by atoms with E-state index in [0.717, 1.165) is 26.3 Å². The zero-order chi connectivity index (χ0) is 10.1. The van der Waals surface area contributed by atoms with E-state index >= 15 is 0 Å². The van der Waals surface area contributed by atoms with E-state index in [4.69, 9.17) is 9.68 Å². The van der Waals surface area contributed by atoms with Crippen molar-refractivity contribution in [2.24, 2.45) is 0 Å². The summed E-state index contributed by atoms with van der Waals surface area (Å²) in [4.78, 5) is 11.4. The van der Waals surface area contributed by atoms with Crippen molar-refractivity contribution in [2.75, 3.05) is 26.3 Å². The molecule has 0 bridgehead atoms. The molecular formula is C11H20N2O2. The summed E-state index contributed by atoms with van der Waals surface area (Å²) in [5.41, 5.74) is 0. The summed E-state index contributed by atoms with van der Waals surface area (Å²) in [7, 11) is 0. The first-order valence-electron chi connectivity index (χ1n) is 6.24. The highest BCUT2D eigenvalue weighted by atomic mass is 16.7. The summed E-state index contributed by atoms with van der Waals surface area (Å²) < 4.78 is 0. The maximum atomic E-state index is 5.68. The van der Waals surface area contributed by atoms with E-state index in [0.29, 0.717) is 12.1 Å². The lowest BCUT2D eigenvalue weighted by Gasteiger charge is -2.32. The standard InChI is InChI=1S/C11H20N2O2/c1-4-10(12-6-2-8-14-12)11(5-1)13-7-3-9-15-13/h10-11H,1-9H2. The molecule has 0 N–H and O–H groups in total. The van der Waals surface area contributed by atoms with Gasteiger partial charge in [0.25, 0.3) is 0 Å². The Morgan fingerprint density at radius 3 is 1.67 bits per heavy atom. The highest BCUT2D eigenvalue weighted by Crippen LogP contribution is 2.31. The number of hydrogen-bond acceptors (Lipinski definition) is 4. The molecule has 4 nitrogen and oxygen atoms in total. The van der Waals surface area contributed by atoms with Crippen LogP contribution in [0.25, 0.3) is 0 Å². The molecule has 1 saturated carbocycles. The topological polar surface area (TPSA) is 24.9 Å². The number of rotatable bonds is 2. The average molecular weight is 212 g/mol. The molecule has 3 fully saturated rings. The van der Waals surface area contributed by atoms with Gasteiger partial charge < -0.3 is 0 Å². The van der Waals surface area contributed by atoms with Crippen molar-refractivity contribution in [1.29, 1.82) is 0 Å². The lowest BCUT2D eigenvalue weighted by molar-refractivity contribution is -0.198. The molecule has 2 saturated heterocycles. The van der Waals surface area contributed by atoms with Crippen LogP contribution in [0.4, 0.5) is 0 Å². The first-order chi connectivity index (χ1) is 7.45. The van der Waals surface area contributed by atoms with Crippen LogP contribution in [0.1, 0.15) is 32.1 Å². The molecule has 0 amide bonds. The lowest BCUT2D eigenvalue weighted by atomic mass is 10.1. The van der Waals surface area contributed by atoms with Gasteiger partial charge in [0.15, 0.2) is 0 Å². The van der Waals surface area contributed by atoms with E-state index in [9.17, 15) is 0 Å². The summed E-state index contributed by atoms with van der Waals surface area (Å²) >= 11 is 0. The molecule has 0 radical (unpaired) electrons. The van der Waals surface area contributed by atoms with Crippen molar-refractivity contribution < 1.29 is 9.68 Å². The van der Waals surface area contributed by atoms with Crippen molar-refractivity contribution in [3.05, 3.63) is 0 Å². The van der Waals surface area contributed by atoms with E-state index in [1.54, 1.807) is 0 Å². The number of hydrogen-bond donors (Lipinski definition) is 0. The van der Waals surface area contributed by atoms with Gasteiger partial charge in [0, 0.05) is 13.1 Å². The van der Waals surface area contributed by atoms with Gasteiger partial charge in [0.2, 0.25) is 0 Å². The predicted molar refractivity (Wildman–Crippen MR) is 56.0 cm³/mol. The molecule has 2 unspecified atom stereocenters. The van der Waals surface area contributed by atoms with Crippen LogP contribution in [0.2, 0.25) is 0 Å². The number of nitrogens with zero attached hydrogens (tertiary/aromatic N) is 2. The minimum atomic E-state index is 0.575. The molecular weight excluding hydrogens is 192 g/mol. The third kappa shape index (κ3) is 1.91. The molecule has 0 spiro atoms. The Morgan fingerprint density at radius 2 is 1.27 bits per heavy atom. The van der Waals surface area contributed by atoms with Crippen molar-refractivity contribution in [3.8, 4) is 0 Å². The Labute approximate surface area is 91.0 Å². The maximum absolute atomic E-state index is 5.68. The molecule has 0 aromatic carbocycles. The minimum Gasteiger partial charge on any atom is -0.299 e. The summed E-state index contributed by atoms with van der Waals surface area (Å²) in [6.45, 7) is 4.03. The molecule has 3 aliphatic rings. The van der Waals surface area contributed by atoms with Crippen LogP contribution in [0.3, 0.4) is 0 Å². The van der Waals surface area contributed by atoms with Crippen molar-refractivity contribution >= 4 is 0 Å². The Balaban J connectivity index is 1.65. The van der Waals surface area contributed by atoms with Gasteiger partial charge in [0.05, 0.1) is 25.3 Å². The fourth-order valence-corrected chi connectivity index (χ4v) is 3.05. The highest BCUT2D eigenvalue weighted by molar-refractivity contribution is 4.89. The second kappa shape index (κ2) is 4.37. The second-order valence-corrected chi connectivity index (χ2v) is 4.72. The molecule has 1 aliphatic carbocycles. The number of hydroxylamine groups is 4. The van der Waals surface area contributed by atoms with Crippen LogP contribution < -0.4 is 0 Å². The van der Waals surface area contributed by atoms with E-state index < -0.39 is 0 Å². The van der Waals surface area contributed by atoms with E-state index in [1.165, 1.54) is 32.1 Å². The van der Waals surface area contributed by atoms with Crippen LogP contribution in [-0.4, -0.2) is 48.5 Å². The quantitative estimate of drug-likeness (QED) is 0.686. The summed E-state index contributed by atoms with van der Waals surface area (Å²) in [5.74, 6) is 0. The molecule has 0 aromatic heterocycles. The summed E-state index contributed by atoms with van der Waals surface area (Å²) in [5, 5.41) is 4.42. The molecule has 2 heterocycles. The van der Waals surface area contributed by atoms with Crippen molar-refractivity contribution in [2.45, 2.75) is 44.2 Å². The Kier molecular flexibility index (Phi) is 2.92. The first-order valence-corrected chi connectivity index (χ1v) is 6.24. The van der Waals surface area contributed by atoms with Gasteiger partial charge in [-0.25, -0.2) is 0 Å². The first kappa shape index (κ1) is 10.0. The fourth-order valence-electron chi connectivity index (χ4n) is 3.05. The van der Waals surface area contributed by atoms with E-state index in [-0.39, 0.29) is 0 Å². The van der Waals surface area contributed by atoms with Gasteiger partial charge in [-0.2, -0.15) is 10.1 Å². The zero-order valence-electron chi connectivity index (χ0n) is 9.23. The lowest BCUT2D eigenvalue weighted by Crippen LogP contribution is -2.46. The van der Waals surface area contributed by atoms with Gasteiger partial charge in [-0.05, 0) is 25.7 Å². The normalized spacial score (nSPS) is 39.2. The molecule has 2 atom stereocenters. The molecule has 3 rings (SSSR count). The second-order valence-electron chi connectivity index (χ2n) is 4.72. The van der Waals surface area contributed by atoms with Crippen LogP contribution in [0.5, 0.6) is 0 Å². The smallest absolute Gasteiger partial charge is 0.0698 e. The monoisotopic (exact) mass is 212 g/mol. The predicted octanol–water partition coefficient (Wildman–Crippen LogP) is 1.18. The molecule has 2 aliphatic heterocycles. The molecule has 0 aromatic rings. The van der Waals surface area contributed by atoms with E-state index in [1.807, 2.05) is 0 Å². The highest BCUT2D eigenvalue weighted by Gasteiger charge is 2.39. The SMILES string of the molecule is C1CC(N2CCCO2)C(N2CCCO2)C1.